The van der Waals surface area contributed by atoms with Crippen LogP contribution in [0.15, 0.2) is 42.5 Å². The summed E-state index contributed by atoms with van der Waals surface area (Å²) in [5, 5.41) is 3.96. The first-order valence-corrected chi connectivity index (χ1v) is 6.34. The van der Waals surface area contributed by atoms with Gasteiger partial charge in [-0.15, -0.1) is 0 Å². The normalized spacial score (nSPS) is 10.5. The highest BCUT2D eigenvalue weighted by atomic mass is 35.5. The fourth-order valence-electron chi connectivity index (χ4n) is 1.82. The van der Waals surface area contributed by atoms with Crippen LogP contribution < -0.4 is 10.1 Å². The molecule has 0 bridgehead atoms. The van der Waals surface area contributed by atoms with E-state index < -0.39 is 0 Å². The highest BCUT2D eigenvalue weighted by Crippen LogP contribution is 2.17. The van der Waals surface area contributed by atoms with E-state index in [2.05, 4.69) is 5.32 Å². The van der Waals surface area contributed by atoms with Gasteiger partial charge in [-0.25, -0.2) is 4.39 Å². The Balaban J connectivity index is 1.90. The average molecular weight is 280 g/mol. The molecule has 1 N–H and O–H groups in total. The van der Waals surface area contributed by atoms with Crippen molar-refractivity contribution in [1.82, 2.24) is 5.32 Å². The van der Waals surface area contributed by atoms with Gasteiger partial charge < -0.3 is 10.1 Å². The molecule has 0 unspecified atom stereocenters. The zero-order chi connectivity index (χ0) is 13.7. The van der Waals surface area contributed by atoms with Crippen LogP contribution in [-0.2, 0) is 13.1 Å². The van der Waals surface area contributed by atoms with Gasteiger partial charge in [-0.05, 0) is 35.4 Å². The van der Waals surface area contributed by atoms with Crippen LogP contribution in [0, 0.1) is 5.82 Å². The fourth-order valence-corrected chi connectivity index (χ4v) is 2.03. The average Bonchev–Trinajstić information content (AvgIpc) is 2.39. The van der Waals surface area contributed by atoms with Crippen LogP contribution in [-0.4, -0.2) is 7.11 Å². The Morgan fingerprint density at radius 2 is 1.84 bits per heavy atom. The first-order chi connectivity index (χ1) is 9.19. The molecule has 2 nitrogen and oxygen atoms in total. The van der Waals surface area contributed by atoms with Crippen molar-refractivity contribution in [3.05, 3.63) is 64.4 Å². The van der Waals surface area contributed by atoms with Gasteiger partial charge in [0.05, 0.1) is 7.11 Å². The second-order valence-electron chi connectivity index (χ2n) is 4.20. The van der Waals surface area contributed by atoms with E-state index >= 15 is 0 Å². The minimum absolute atomic E-state index is 0.263. The van der Waals surface area contributed by atoms with E-state index in [0.29, 0.717) is 13.1 Å². The highest BCUT2D eigenvalue weighted by Gasteiger charge is 2.03. The molecule has 4 heteroatoms. The molecule has 2 aromatic rings. The predicted octanol–water partition coefficient (Wildman–Crippen LogP) is 3.78. The summed E-state index contributed by atoms with van der Waals surface area (Å²) in [7, 11) is 1.45. The van der Waals surface area contributed by atoms with Crippen LogP contribution in [0.5, 0.6) is 5.75 Å². The molecule has 0 aliphatic rings. The molecule has 0 aliphatic heterocycles. The number of halogens is 2. The molecule has 100 valence electrons. The van der Waals surface area contributed by atoms with E-state index in [-0.39, 0.29) is 11.6 Å². The van der Waals surface area contributed by atoms with Gasteiger partial charge in [0.2, 0.25) is 0 Å². The molecule has 19 heavy (non-hydrogen) atoms. The minimum atomic E-state index is -0.343. The molecule has 0 aromatic heterocycles. The SMILES string of the molecule is COc1ccc(CNCc2cccc(Cl)c2)cc1F. The summed E-state index contributed by atoms with van der Waals surface area (Å²) >= 11 is 5.90. The standard InChI is InChI=1S/C15H15ClFNO/c1-19-15-6-5-12(8-14(15)17)10-18-9-11-3-2-4-13(16)7-11/h2-8,18H,9-10H2,1H3. The van der Waals surface area contributed by atoms with Gasteiger partial charge in [-0.3, -0.25) is 0 Å². The van der Waals surface area contributed by atoms with E-state index in [9.17, 15) is 4.39 Å². The molecule has 0 saturated carbocycles. The summed E-state index contributed by atoms with van der Waals surface area (Å²) in [6.07, 6.45) is 0. The molecule has 0 saturated heterocycles. The Bertz CT molecular complexity index is 560. The van der Waals surface area contributed by atoms with Gasteiger partial charge in [-0.2, -0.15) is 0 Å². The number of methoxy groups -OCH3 is 1. The molecule has 0 radical (unpaired) electrons. The van der Waals surface area contributed by atoms with Gasteiger partial charge >= 0.3 is 0 Å². The van der Waals surface area contributed by atoms with Crippen molar-refractivity contribution in [2.45, 2.75) is 13.1 Å². The summed E-state index contributed by atoms with van der Waals surface area (Å²) in [6, 6.07) is 12.6. The van der Waals surface area contributed by atoms with E-state index in [0.717, 1.165) is 16.1 Å². The maximum absolute atomic E-state index is 13.5. The minimum Gasteiger partial charge on any atom is -0.494 e. The Morgan fingerprint density at radius 1 is 1.11 bits per heavy atom. The molecule has 2 rings (SSSR count). The summed E-state index contributed by atoms with van der Waals surface area (Å²) < 4.78 is 18.4. The third-order valence-electron chi connectivity index (χ3n) is 2.76. The van der Waals surface area contributed by atoms with Crippen molar-refractivity contribution in [1.29, 1.82) is 0 Å². The lowest BCUT2D eigenvalue weighted by Crippen LogP contribution is -2.12. The van der Waals surface area contributed by atoms with Gasteiger partial charge in [0.25, 0.3) is 0 Å². The molecule has 0 fully saturated rings. The van der Waals surface area contributed by atoms with Crippen LogP contribution in [0.2, 0.25) is 5.02 Å². The van der Waals surface area contributed by atoms with E-state index in [1.165, 1.54) is 13.2 Å². The van der Waals surface area contributed by atoms with Crippen molar-refractivity contribution in [2.24, 2.45) is 0 Å². The van der Waals surface area contributed by atoms with Gasteiger partial charge in [0.1, 0.15) is 0 Å². The second kappa shape index (κ2) is 6.55. The Kier molecular flexibility index (Phi) is 4.77. The van der Waals surface area contributed by atoms with E-state index in [4.69, 9.17) is 16.3 Å². The van der Waals surface area contributed by atoms with Gasteiger partial charge in [-0.1, -0.05) is 29.8 Å². The summed E-state index contributed by atoms with van der Waals surface area (Å²) in [5.41, 5.74) is 1.97. The van der Waals surface area contributed by atoms with Gasteiger partial charge in [0, 0.05) is 18.1 Å². The third kappa shape index (κ3) is 3.94. The Morgan fingerprint density at radius 3 is 2.47 bits per heavy atom. The van der Waals surface area contributed by atoms with Crippen molar-refractivity contribution >= 4 is 11.6 Å². The largest absolute Gasteiger partial charge is 0.494 e. The van der Waals surface area contributed by atoms with Crippen molar-refractivity contribution in [2.75, 3.05) is 7.11 Å². The number of hydrogen-bond acceptors (Lipinski definition) is 2. The number of rotatable bonds is 5. The molecule has 0 aliphatic carbocycles. The molecular weight excluding hydrogens is 265 g/mol. The topological polar surface area (TPSA) is 21.3 Å². The smallest absolute Gasteiger partial charge is 0.165 e. The van der Waals surface area contributed by atoms with Crippen LogP contribution in [0.4, 0.5) is 4.39 Å². The maximum Gasteiger partial charge on any atom is 0.165 e. The number of hydrogen-bond donors (Lipinski definition) is 1. The highest BCUT2D eigenvalue weighted by molar-refractivity contribution is 6.30. The molecule has 0 atom stereocenters. The van der Waals surface area contributed by atoms with Crippen molar-refractivity contribution in [3.63, 3.8) is 0 Å². The number of ether oxygens (including phenoxy) is 1. The first-order valence-electron chi connectivity index (χ1n) is 5.96. The lowest BCUT2D eigenvalue weighted by Gasteiger charge is -2.07. The lowest BCUT2D eigenvalue weighted by molar-refractivity contribution is 0.386. The molecule has 0 amide bonds. The predicted molar refractivity (Wildman–Crippen MR) is 74.9 cm³/mol. The Labute approximate surface area is 117 Å². The lowest BCUT2D eigenvalue weighted by atomic mass is 10.2. The maximum atomic E-state index is 13.5. The second-order valence-corrected chi connectivity index (χ2v) is 4.64. The van der Waals surface area contributed by atoms with E-state index in [1.807, 2.05) is 30.3 Å². The molecular formula is C15H15ClFNO. The summed E-state index contributed by atoms with van der Waals surface area (Å²) in [6.45, 7) is 1.28. The third-order valence-corrected chi connectivity index (χ3v) is 3.00. The van der Waals surface area contributed by atoms with Crippen LogP contribution in [0.25, 0.3) is 0 Å². The monoisotopic (exact) mass is 279 g/mol. The quantitative estimate of drug-likeness (QED) is 0.899. The molecule has 2 aromatic carbocycles. The molecule has 0 spiro atoms. The fraction of sp³-hybridized carbons (Fsp3) is 0.200. The van der Waals surface area contributed by atoms with Crippen LogP contribution in [0.1, 0.15) is 11.1 Å². The zero-order valence-electron chi connectivity index (χ0n) is 10.6. The number of benzene rings is 2. The van der Waals surface area contributed by atoms with Crippen LogP contribution in [0.3, 0.4) is 0 Å². The summed E-state index contributed by atoms with van der Waals surface area (Å²) in [5.74, 6) is -0.0804. The van der Waals surface area contributed by atoms with Crippen molar-refractivity contribution < 1.29 is 9.13 Å². The summed E-state index contributed by atoms with van der Waals surface area (Å²) in [4.78, 5) is 0. The Hall–Kier alpha value is -1.58. The molecule has 0 heterocycles. The van der Waals surface area contributed by atoms with Crippen molar-refractivity contribution in [3.8, 4) is 5.75 Å². The van der Waals surface area contributed by atoms with E-state index in [1.54, 1.807) is 6.07 Å². The number of nitrogens with one attached hydrogen (secondary N) is 1. The zero-order valence-corrected chi connectivity index (χ0v) is 11.4. The van der Waals surface area contributed by atoms with Crippen LogP contribution >= 0.6 is 11.6 Å². The van der Waals surface area contributed by atoms with Gasteiger partial charge in [0.15, 0.2) is 11.6 Å². The first kappa shape index (κ1) is 13.8.